The molecule has 1 fully saturated rings. The highest BCUT2D eigenvalue weighted by Gasteiger charge is 2.36. The zero-order valence-electron chi connectivity index (χ0n) is 20.1. The van der Waals surface area contributed by atoms with Gasteiger partial charge in [-0.05, 0) is 55.2 Å². The van der Waals surface area contributed by atoms with Crippen LogP contribution in [0.1, 0.15) is 41.3 Å². The lowest BCUT2D eigenvalue weighted by molar-refractivity contribution is -0.121. The Balaban J connectivity index is 1.11. The second kappa shape index (κ2) is 8.91. The number of cyclic esters (lactones) is 1. The van der Waals surface area contributed by atoms with Gasteiger partial charge in [0, 0.05) is 41.5 Å². The van der Waals surface area contributed by atoms with Gasteiger partial charge in [0.1, 0.15) is 6.61 Å². The average Bonchev–Trinajstić information content (AvgIpc) is 3.20. The molecule has 7 heteroatoms. The van der Waals surface area contributed by atoms with Gasteiger partial charge in [0.05, 0.1) is 11.7 Å². The van der Waals surface area contributed by atoms with E-state index in [1.807, 2.05) is 61.5 Å². The van der Waals surface area contributed by atoms with Crippen LogP contribution in [0.2, 0.25) is 0 Å². The summed E-state index contributed by atoms with van der Waals surface area (Å²) in [6, 6.07) is 20.6. The summed E-state index contributed by atoms with van der Waals surface area (Å²) in [6.07, 6.45) is 1.23. The van der Waals surface area contributed by atoms with Crippen LogP contribution in [0.25, 0.3) is 11.1 Å². The molecule has 2 aliphatic heterocycles. The highest BCUT2D eigenvalue weighted by atomic mass is 16.6. The van der Waals surface area contributed by atoms with Crippen molar-refractivity contribution in [1.29, 1.82) is 0 Å². The third-order valence-electron chi connectivity index (χ3n) is 7.58. The van der Waals surface area contributed by atoms with Crippen LogP contribution in [0.3, 0.4) is 0 Å². The lowest BCUT2D eigenvalue weighted by atomic mass is 9.99. The summed E-state index contributed by atoms with van der Waals surface area (Å²) < 4.78 is 5.40. The number of carbonyl (C=O) groups is 3. The average molecular weight is 482 g/mol. The number of amides is 2. The Labute approximate surface area is 209 Å². The van der Waals surface area contributed by atoms with E-state index in [4.69, 9.17) is 4.74 Å². The molecule has 1 N–H and O–H groups in total. The first kappa shape index (κ1) is 22.5. The molecule has 7 nitrogen and oxygen atoms in total. The molecule has 1 unspecified atom stereocenters. The van der Waals surface area contributed by atoms with Crippen molar-refractivity contribution < 1.29 is 19.1 Å². The number of anilines is 2. The number of fused-ring (bicyclic) bond motifs is 4. The van der Waals surface area contributed by atoms with Crippen molar-refractivity contribution in [3.8, 4) is 11.1 Å². The Bertz CT molecular complexity index is 1380. The molecule has 2 heterocycles. The van der Waals surface area contributed by atoms with Crippen molar-refractivity contribution in [3.05, 3.63) is 83.4 Å². The number of benzene rings is 3. The van der Waals surface area contributed by atoms with E-state index >= 15 is 0 Å². The topological polar surface area (TPSA) is 79.0 Å². The van der Waals surface area contributed by atoms with Crippen LogP contribution in [0.15, 0.2) is 66.7 Å². The number of nitrogens with zero attached hydrogens (tertiary/aromatic N) is 2. The molecule has 0 spiro atoms. The number of piperidine rings is 1. The molecule has 0 saturated carbocycles. The lowest BCUT2D eigenvalue weighted by Gasteiger charge is -2.41. The van der Waals surface area contributed by atoms with E-state index in [1.165, 1.54) is 0 Å². The van der Waals surface area contributed by atoms with E-state index in [1.54, 1.807) is 17.0 Å². The van der Waals surface area contributed by atoms with Gasteiger partial charge in [0.15, 0.2) is 5.78 Å². The molecule has 0 bridgehead atoms. The van der Waals surface area contributed by atoms with Gasteiger partial charge in [-0.1, -0.05) is 42.5 Å². The zero-order valence-corrected chi connectivity index (χ0v) is 20.1. The third kappa shape index (κ3) is 3.76. The SMILES string of the molecule is CC(C(=O)Nc1ccc2c(c1)-c1ccccc1C2=O)N1CCC(N2C(=O)OCc3ccccc32)CC1. The van der Waals surface area contributed by atoms with Gasteiger partial charge in [-0.3, -0.25) is 19.4 Å². The summed E-state index contributed by atoms with van der Waals surface area (Å²) in [4.78, 5) is 42.3. The monoisotopic (exact) mass is 481 g/mol. The van der Waals surface area contributed by atoms with Crippen molar-refractivity contribution in [3.63, 3.8) is 0 Å². The molecule has 0 aromatic heterocycles. The van der Waals surface area contributed by atoms with Crippen molar-refractivity contribution >= 4 is 29.2 Å². The number of ether oxygens (including phenoxy) is 1. The van der Waals surface area contributed by atoms with Gasteiger partial charge in [-0.25, -0.2) is 4.79 Å². The first-order valence-electron chi connectivity index (χ1n) is 12.4. The highest BCUT2D eigenvalue weighted by molar-refractivity contribution is 6.22. The molecule has 1 saturated heterocycles. The van der Waals surface area contributed by atoms with Gasteiger partial charge in [-0.15, -0.1) is 0 Å². The maximum atomic E-state index is 13.1. The van der Waals surface area contributed by atoms with E-state index < -0.39 is 0 Å². The minimum Gasteiger partial charge on any atom is -0.444 e. The fraction of sp³-hybridized carbons (Fsp3) is 0.276. The number of hydrogen-bond acceptors (Lipinski definition) is 5. The second-order valence-corrected chi connectivity index (χ2v) is 9.62. The second-order valence-electron chi connectivity index (χ2n) is 9.62. The normalized spacial score (nSPS) is 18.2. The number of carbonyl (C=O) groups excluding carboxylic acids is 3. The van der Waals surface area contributed by atoms with Crippen LogP contribution < -0.4 is 10.2 Å². The molecule has 3 aliphatic rings. The van der Waals surface area contributed by atoms with Crippen LogP contribution in [0.4, 0.5) is 16.2 Å². The van der Waals surface area contributed by atoms with Crippen molar-refractivity contribution in [2.24, 2.45) is 0 Å². The predicted molar refractivity (Wildman–Crippen MR) is 137 cm³/mol. The largest absolute Gasteiger partial charge is 0.444 e. The van der Waals surface area contributed by atoms with Gasteiger partial charge in [0.2, 0.25) is 5.91 Å². The molecule has 0 radical (unpaired) electrons. The lowest BCUT2D eigenvalue weighted by Crippen LogP contribution is -2.52. The fourth-order valence-electron chi connectivity index (χ4n) is 5.57. The third-order valence-corrected chi connectivity index (χ3v) is 7.58. The van der Waals surface area contributed by atoms with Crippen LogP contribution in [0, 0.1) is 0 Å². The summed E-state index contributed by atoms with van der Waals surface area (Å²) in [5.74, 6) is -0.0661. The summed E-state index contributed by atoms with van der Waals surface area (Å²) >= 11 is 0. The fourth-order valence-corrected chi connectivity index (χ4v) is 5.57. The first-order valence-corrected chi connectivity index (χ1v) is 12.4. The first-order chi connectivity index (χ1) is 17.5. The summed E-state index contributed by atoms with van der Waals surface area (Å²) in [5.41, 5.74) is 5.75. The number of para-hydroxylation sites is 1. The minimum atomic E-state index is -0.325. The molecule has 1 atom stereocenters. The number of nitrogens with one attached hydrogen (secondary N) is 1. The van der Waals surface area contributed by atoms with Gasteiger partial charge < -0.3 is 10.1 Å². The van der Waals surface area contributed by atoms with Crippen LogP contribution >= 0.6 is 0 Å². The molecule has 6 rings (SSSR count). The van der Waals surface area contributed by atoms with Crippen molar-refractivity contribution in [2.75, 3.05) is 23.3 Å². The van der Waals surface area contributed by atoms with E-state index in [0.717, 1.165) is 35.2 Å². The van der Waals surface area contributed by atoms with Gasteiger partial charge >= 0.3 is 6.09 Å². The summed E-state index contributed by atoms with van der Waals surface area (Å²) in [5, 5.41) is 3.03. The van der Waals surface area contributed by atoms with Gasteiger partial charge in [0.25, 0.3) is 0 Å². The van der Waals surface area contributed by atoms with Crippen LogP contribution in [0.5, 0.6) is 0 Å². The molecule has 1 aliphatic carbocycles. The number of rotatable bonds is 4. The Kier molecular flexibility index (Phi) is 5.57. The number of likely N-dealkylation sites (tertiary alicyclic amines) is 1. The molecule has 3 aromatic rings. The zero-order chi connectivity index (χ0) is 24.8. The van der Waals surface area contributed by atoms with Crippen LogP contribution in [-0.4, -0.2) is 47.9 Å². The van der Waals surface area contributed by atoms with E-state index in [9.17, 15) is 14.4 Å². The van der Waals surface area contributed by atoms with E-state index in [-0.39, 0.29) is 29.9 Å². The van der Waals surface area contributed by atoms with E-state index in [2.05, 4.69) is 10.2 Å². The smallest absolute Gasteiger partial charge is 0.414 e. The molecule has 2 amide bonds. The summed E-state index contributed by atoms with van der Waals surface area (Å²) in [7, 11) is 0. The molecular weight excluding hydrogens is 454 g/mol. The van der Waals surface area contributed by atoms with Crippen LogP contribution in [-0.2, 0) is 16.1 Å². The minimum absolute atomic E-state index is 0.0231. The number of ketones is 1. The molecule has 3 aromatic carbocycles. The van der Waals surface area contributed by atoms with Crippen molar-refractivity contribution in [2.45, 2.75) is 38.5 Å². The Hall–Kier alpha value is -3.97. The highest BCUT2D eigenvalue weighted by Crippen LogP contribution is 2.38. The Morgan fingerprint density at radius 3 is 2.42 bits per heavy atom. The molecule has 36 heavy (non-hydrogen) atoms. The molecule has 182 valence electrons. The Morgan fingerprint density at radius 2 is 1.61 bits per heavy atom. The van der Waals surface area contributed by atoms with Crippen molar-refractivity contribution in [1.82, 2.24) is 4.90 Å². The molecular formula is C29H27N3O4. The van der Waals surface area contributed by atoms with E-state index in [0.29, 0.717) is 36.5 Å². The maximum absolute atomic E-state index is 13.1. The summed E-state index contributed by atoms with van der Waals surface area (Å²) in [6.45, 7) is 3.63. The van der Waals surface area contributed by atoms with Gasteiger partial charge in [-0.2, -0.15) is 0 Å². The number of hydrogen-bond donors (Lipinski definition) is 1. The Morgan fingerprint density at radius 1 is 0.917 bits per heavy atom. The predicted octanol–water partition coefficient (Wildman–Crippen LogP) is 4.85. The maximum Gasteiger partial charge on any atom is 0.414 e. The standard InChI is InChI=1S/C29H27N3O4/c1-18(28(34)30-20-10-11-24-25(16-20)22-7-3-4-8-23(22)27(24)33)31-14-12-21(13-15-31)32-26-9-5-2-6-19(26)17-36-29(32)35/h2-11,16,18,21H,12-15,17H2,1H3,(H,30,34). The quantitative estimate of drug-likeness (QED) is 0.451.